The van der Waals surface area contributed by atoms with Gasteiger partial charge in [0, 0.05) is 38.8 Å². The van der Waals surface area contributed by atoms with E-state index in [1.165, 1.54) is 0 Å². The maximum Gasteiger partial charge on any atom is 0.240 e. The molecule has 0 aromatic rings. The van der Waals surface area contributed by atoms with Crippen molar-refractivity contribution < 1.29 is 4.79 Å². The lowest BCUT2D eigenvalue weighted by atomic mass is 9.97. The van der Waals surface area contributed by atoms with Crippen LogP contribution in [0.25, 0.3) is 0 Å². The zero-order valence-corrected chi connectivity index (χ0v) is 16.0. The molecule has 1 atom stereocenters. The summed E-state index contributed by atoms with van der Waals surface area (Å²) in [5.74, 6) is 0.0478. The minimum atomic E-state index is -0.601. The molecule has 1 saturated carbocycles. The van der Waals surface area contributed by atoms with Gasteiger partial charge >= 0.3 is 0 Å². The second-order valence-corrected chi connectivity index (χ2v) is 6.34. The molecule has 0 bridgehead atoms. The summed E-state index contributed by atoms with van der Waals surface area (Å²) in [6.45, 7) is 7.40. The SMILES string of the molecule is CC(CN1CCN(C)CC1)NC(=O)C1(N)CCCC1.Cl.Cl.Cl. The monoisotopic (exact) mass is 376 g/mol. The van der Waals surface area contributed by atoms with Crippen molar-refractivity contribution in [1.82, 2.24) is 15.1 Å². The van der Waals surface area contributed by atoms with E-state index < -0.39 is 5.54 Å². The van der Waals surface area contributed by atoms with E-state index in [0.717, 1.165) is 58.4 Å². The number of nitrogens with zero attached hydrogens (tertiary/aromatic N) is 2. The van der Waals surface area contributed by atoms with Crippen molar-refractivity contribution in [3.8, 4) is 0 Å². The number of hydrogen-bond donors (Lipinski definition) is 2. The third kappa shape index (κ3) is 6.77. The summed E-state index contributed by atoms with van der Waals surface area (Å²) in [6, 6.07) is 0.178. The molecule has 1 aliphatic carbocycles. The summed E-state index contributed by atoms with van der Waals surface area (Å²) in [5, 5.41) is 3.10. The molecule has 0 aromatic carbocycles. The second kappa shape index (κ2) is 10.9. The Morgan fingerprint density at radius 2 is 1.64 bits per heavy atom. The number of likely N-dealkylation sites (N-methyl/N-ethyl adjacent to an activating group) is 1. The number of nitrogens with one attached hydrogen (secondary N) is 1. The molecular weight excluding hydrogens is 347 g/mol. The van der Waals surface area contributed by atoms with Gasteiger partial charge < -0.3 is 16.0 Å². The summed E-state index contributed by atoms with van der Waals surface area (Å²) in [7, 11) is 2.15. The topological polar surface area (TPSA) is 61.6 Å². The largest absolute Gasteiger partial charge is 0.351 e. The minimum Gasteiger partial charge on any atom is -0.351 e. The Morgan fingerprint density at radius 1 is 1.14 bits per heavy atom. The maximum atomic E-state index is 12.2. The standard InChI is InChI=1S/C14H28N4O.3ClH/c1-12(11-18-9-7-17(2)8-10-18)16-13(19)14(15)5-3-4-6-14;;;/h12H,3-11,15H2,1-2H3,(H,16,19);3*1H. The Kier molecular flexibility index (Phi) is 12.1. The third-order valence-corrected chi connectivity index (χ3v) is 4.45. The van der Waals surface area contributed by atoms with Crippen LogP contribution in [0.3, 0.4) is 0 Å². The molecule has 2 fully saturated rings. The second-order valence-electron chi connectivity index (χ2n) is 6.34. The zero-order valence-electron chi connectivity index (χ0n) is 13.5. The van der Waals surface area contributed by atoms with E-state index in [1.807, 2.05) is 0 Å². The van der Waals surface area contributed by atoms with Crippen molar-refractivity contribution >= 4 is 43.1 Å². The first-order chi connectivity index (χ1) is 8.99. The van der Waals surface area contributed by atoms with Crippen molar-refractivity contribution in [2.75, 3.05) is 39.8 Å². The Bertz CT molecular complexity index is 319. The molecule has 5 nitrogen and oxygen atoms in total. The van der Waals surface area contributed by atoms with Gasteiger partial charge in [-0.2, -0.15) is 0 Å². The molecule has 0 radical (unpaired) electrons. The first kappa shape index (κ1) is 24.5. The van der Waals surface area contributed by atoms with Gasteiger partial charge in [0.1, 0.15) is 0 Å². The van der Waals surface area contributed by atoms with Crippen LogP contribution in [0.1, 0.15) is 32.6 Å². The van der Waals surface area contributed by atoms with Gasteiger partial charge in [-0.25, -0.2) is 0 Å². The molecule has 134 valence electrons. The third-order valence-electron chi connectivity index (χ3n) is 4.45. The van der Waals surface area contributed by atoms with Crippen LogP contribution >= 0.6 is 37.2 Å². The predicted octanol–water partition coefficient (Wildman–Crippen LogP) is 1.28. The van der Waals surface area contributed by atoms with Gasteiger partial charge in [0.25, 0.3) is 0 Å². The molecule has 1 unspecified atom stereocenters. The molecule has 1 saturated heterocycles. The van der Waals surface area contributed by atoms with Crippen molar-refractivity contribution in [3.63, 3.8) is 0 Å². The minimum absolute atomic E-state index is 0. The number of hydrogen-bond acceptors (Lipinski definition) is 4. The zero-order chi connectivity index (χ0) is 13.9. The van der Waals surface area contributed by atoms with Gasteiger partial charge in [0.2, 0.25) is 5.91 Å². The molecule has 22 heavy (non-hydrogen) atoms. The molecule has 0 spiro atoms. The molecule has 2 rings (SSSR count). The van der Waals surface area contributed by atoms with Gasteiger partial charge in [-0.3, -0.25) is 9.69 Å². The Labute approximate surface area is 153 Å². The lowest BCUT2D eigenvalue weighted by Gasteiger charge is -2.34. The van der Waals surface area contributed by atoms with Crippen LogP contribution in [0, 0.1) is 0 Å². The number of carbonyl (C=O) groups excluding carboxylic acids is 1. The number of halogens is 3. The van der Waals surface area contributed by atoms with Crippen LogP contribution in [0.4, 0.5) is 0 Å². The number of nitrogens with two attached hydrogens (primary N) is 1. The van der Waals surface area contributed by atoms with Crippen LogP contribution in [0.5, 0.6) is 0 Å². The Balaban J connectivity index is 0. The van der Waals surface area contributed by atoms with E-state index in [9.17, 15) is 4.79 Å². The van der Waals surface area contributed by atoms with Gasteiger partial charge in [0.15, 0.2) is 0 Å². The molecule has 1 heterocycles. The molecule has 0 aromatic heterocycles. The quantitative estimate of drug-likeness (QED) is 0.774. The van der Waals surface area contributed by atoms with Gasteiger partial charge in [-0.05, 0) is 26.8 Å². The number of amides is 1. The van der Waals surface area contributed by atoms with E-state index in [1.54, 1.807) is 0 Å². The highest BCUT2D eigenvalue weighted by molar-refractivity contribution is 5.86. The summed E-state index contributed by atoms with van der Waals surface area (Å²) >= 11 is 0. The number of piperazine rings is 1. The van der Waals surface area contributed by atoms with Gasteiger partial charge in [0.05, 0.1) is 5.54 Å². The highest BCUT2D eigenvalue weighted by Crippen LogP contribution is 2.27. The van der Waals surface area contributed by atoms with Crippen molar-refractivity contribution in [2.24, 2.45) is 5.73 Å². The number of rotatable bonds is 4. The summed E-state index contributed by atoms with van der Waals surface area (Å²) in [4.78, 5) is 17.0. The van der Waals surface area contributed by atoms with E-state index in [0.29, 0.717) is 0 Å². The molecule has 3 N–H and O–H groups in total. The van der Waals surface area contributed by atoms with E-state index >= 15 is 0 Å². The van der Waals surface area contributed by atoms with Crippen LogP contribution in [0.2, 0.25) is 0 Å². The molecule has 8 heteroatoms. The smallest absolute Gasteiger partial charge is 0.240 e. The van der Waals surface area contributed by atoms with Crippen molar-refractivity contribution in [3.05, 3.63) is 0 Å². The first-order valence-electron chi connectivity index (χ1n) is 7.50. The lowest BCUT2D eigenvalue weighted by molar-refractivity contribution is -0.126. The summed E-state index contributed by atoms with van der Waals surface area (Å²) in [6.07, 6.45) is 3.83. The normalized spacial score (nSPS) is 22.7. The Hall–Kier alpha value is 0.220. The van der Waals surface area contributed by atoms with Crippen LogP contribution in [-0.4, -0.2) is 67.1 Å². The van der Waals surface area contributed by atoms with E-state index in [-0.39, 0.29) is 49.2 Å². The molecular formula is C14H31Cl3N4O. The van der Waals surface area contributed by atoms with Gasteiger partial charge in [-0.1, -0.05) is 12.8 Å². The summed E-state index contributed by atoms with van der Waals surface area (Å²) < 4.78 is 0. The summed E-state index contributed by atoms with van der Waals surface area (Å²) in [5.41, 5.74) is 5.57. The number of carbonyl (C=O) groups is 1. The van der Waals surface area contributed by atoms with Crippen molar-refractivity contribution in [2.45, 2.75) is 44.2 Å². The van der Waals surface area contributed by atoms with Crippen molar-refractivity contribution in [1.29, 1.82) is 0 Å². The van der Waals surface area contributed by atoms with Crippen LogP contribution < -0.4 is 11.1 Å². The lowest BCUT2D eigenvalue weighted by Crippen LogP contribution is -2.56. The Morgan fingerprint density at radius 3 is 2.14 bits per heavy atom. The highest BCUT2D eigenvalue weighted by atomic mass is 35.5. The molecule has 2 aliphatic rings. The average molecular weight is 378 g/mol. The van der Waals surface area contributed by atoms with Crippen LogP contribution in [-0.2, 0) is 4.79 Å². The molecule has 1 amide bonds. The average Bonchev–Trinajstić information content (AvgIpc) is 2.80. The van der Waals surface area contributed by atoms with Gasteiger partial charge in [-0.15, -0.1) is 37.2 Å². The highest BCUT2D eigenvalue weighted by Gasteiger charge is 2.37. The fraction of sp³-hybridized carbons (Fsp3) is 0.929. The predicted molar refractivity (Wildman–Crippen MR) is 98.7 cm³/mol. The fourth-order valence-electron chi connectivity index (χ4n) is 3.06. The van der Waals surface area contributed by atoms with E-state index in [4.69, 9.17) is 5.73 Å². The fourth-order valence-corrected chi connectivity index (χ4v) is 3.06. The molecule has 1 aliphatic heterocycles. The van der Waals surface area contributed by atoms with E-state index in [2.05, 4.69) is 29.1 Å². The van der Waals surface area contributed by atoms with Crippen LogP contribution in [0.15, 0.2) is 0 Å². The maximum absolute atomic E-state index is 12.2. The first-order valence-corrected chi connectivity index (χ1v) is 7.50.